The molecule has 2 aromatic heterocycles. The van der Waals surface area contributed by atoms with Gasteiger partial charge in [-0.15, -0.1) is 0 Å². The molecule has 1 fully saturated rings. The number of aryl methyl sites for hydroxylation is 1. The van der Waals surface area contributed by atoms with Gasteiger partial charge in [0.05, 0.1) is 11.3 Å². The predicted molar refractivity (Wildman–Crippen MR) is 121 cm³/mol. The van der Waals surface area contributed by atoms with E-state index >= 15 is 0 Å². The van der Waals surface area contributed by atoms with Gasteiger partial charge in [0, 0.05) is 18.4 Å². The molecular weight excluding hydrogens is 479 g/mol. The quantitative estimate of drug-likeness (QED) is 0.371. The molecule has 36 heavy (non-hydrogen) atoms. The fourth-order valence-electron chi connectivity index (χ4n) is 4.38. The number of aromatic nitrogens is 3. The van der Waals surface area contributed by atoms with E-state index in [1.54, 1.807) is 27.8 Å². The fraction of sp³-hybridized carbons (Fsp3) is 0.375. The van der Waals surface area contributed by atoms with Crippen molar-refractivity contribution in [2.45, 2.75) is 52.0 Å². The lowest BCUT2D eigenvalue weighted by Gasteiger charge is -2.39. The zero-order chi connectivity index (χ0) is 26.4. The van der Waals surface area contributed by atoms with Crippen molar-refractivity contribution in [3.8, 4) is 0 Å². The maximum Gasteiger partial charge on any atom is 0.315 e. The number of Topliss-reactive ketones (excluding diaryl/α,β-unsaturated/α-hetero) is 1. The Balaban J connectivity index is 1.58. The van der Waals surface area contributed by atoms with Crippen molar-refractivity contribution < 1.29 is 32.1 Å². The molecule has 3 aromatic rings. The fourth-order valence-corrected chi connectivity index (χ4v) is 4.38. The van der Waals surface area contributed by atoms with Crippen LogP contribution in [0.15, 0.2) is 22.7 Å². The van der Waals surface area contributed by atoms with E-state index in [2.05, 4.69) is 25.3 Å². The van der Waals surface area contributed by atoms with Gasteiger partial charge >= 0.3 is 6.43 Å². The van der Waals surface area contributed by atoms with E-state index in [9.17, 15) is 27.6 Å². The maximum atomic E-state index is 13.6. The summed E-state index contributed by atoms with van der Waals surface area (Å²) in [6.07, 6.45) is -1.59. The molecule has 2 amide bonds. The normalized spacial score (nSPS) is 14.4. The van der Waals surface area contributed by atoms with Crippen molar-refractivity contribution in [3.05, 3.63) is 63.8 Å². The summed E-state index contributed by atoms with van der Waals surface area (Å²) in [5.41, 5.74) is 0.483. The molecule has 1 aliphatic rings. The van der Waals surface area contributed by atoms with Crippen molar-refractivity contribution in [1.82, 2.24) is 20.0 Å². The van der Waals surface area contributed by atoms with Gasteiger partial charge in [0.15, 0.2) is 5.82 Å². The van der Waals surface area contributed by atoms with Crippen LogP contribution in [0.2, 0.25) is 0 Å². The van der Waals surface area contributed by atoms with Crippen LogP contribution in [0.1, 0.15) is 75.1 Å². The first-order chi connectivity index (χ1) is 16.9. The second kappa shape index (κ2) is 9.25. The maximum absolute atomic E-state index is 13.6. The van der Waals surface area contributed by atoms with E-state index in [1.807, 2.05) is 0 Å². The number of hydrogen-bond donors (Lipinski definition) is 2. The summed E-state index contributed by atoms with van der Waals surface area (Å²) in [4.78, 5) is 42.9. The molecule has 4 rings (SSSR count). The summed E-state index contributed by atoms with van der Waals surface area (Å²) in [7, 11) is 1.55. The molecule has 12 heteroatoms. The van der Waals surface area contributed by atoms with Gasteiger partial charge in [-0.2, -0.15) is 13.8 Å². The SMILES string of the molecule is Cc1cc(NC(=O)c2c(C)c(C(=O)C(=O)NC3(c4noc(C(F)F)n4)CCC3)n(C)c2C)ccc1F. The van der Waals surface area contributed by atoms with Crippen LogP contribution in [-0.2, 0) is 17.4 Å². The Hall–Kier alpha value is -3.96. The molecule has 0 spiro atoms. The zero-order valence-electron chi connectivity index (χ0n) is 20.0. The number of amides is 2. The number of hydrogen-bond acceptors (Lipinski definition) is 6. The highest BCUT2D eigenvalue weighted by molar-refractivity contribution is 6.43. The van der Waals surface area contributed by atoms with Crippen molar-refractivity contribution in [1.29, 1.82) is 0 Å². The molecule has 2 heterocycles. The van der Waals surface area contributed by atoms with Crippen LogP contribution >= 0.6 is 0 Å². The monoisotopic (exact) mass is 503 g/mol. The van der Waals surface area contributed by atoms with E-state index in [-0.39, 0.29) is 22.6 Å². The van der Waals surface area contributed by atoms with E-state index in [0.29, 0.717) is 36.2 Å². The van der Waals surface area contributed by atoms with Crippen LogP contribution in [-0.4, -0.2) is 32.3 Å². The van der Waals surface area contributed by atoms with Gasteiger partial charge in [0.1, 0.15) is 11.4 Å². The van der Waals surface area contributed by atoms with Gasteiger partial charge in [-0.1, -0.05) is 5.16 Å². The molecule has 1 saturated carbocycles. The first-order valence-electron chi connectivity index (χ1n) is 11.2. The number of rotatable bonds is 7. The van der Waals surface area contributed by atoms with Gasteiger partial charge in [-0.05, 0) is 69.4 Å². The third-order valence-electron chi connectivity index (χ3n) is 6.61. The van der Waals surface area contributed by atoms with Gasteiger partial charge in [0.25, 0.3) is 23.5 Å². The van der Waals surface area contributed by atoms with Crippen LogP contribution < -0.4 is 10.6 Å². The molecule has 0 radical (unpaired) electrons. The Bertz CT molecular complexity index is 1370. The number of nitrogens with one attached hydrogen (secondary N) is 2. The van der Waals surface area contributed by atoms with Crippen LogP contribution in [0.4, 0.5) is 18.9 Å². The Kier molecular flexibility index (Phi) is 6.46. The van der Waals surface area contributed by atoms with Crippen LogP contribution in [0.3, 0.4) is 0 Å². The van der Waals surface area contributed by atoms with E-state index in [1.165, 1.54) is 22.8 Å². The Morgan fingerprint density at radius 2 is 1.86 bits per heavy atom. The summed E-state index contributed by atoms with van der Waals surface area (Å²) in [5.74, 6) is -3.79. The Morgan fingerprint density at radius 1 is 1.17 bits per heavy atom. The molecule has 0 atom stereocenters. The van der Waals surface area contributed by atoms with Crippen LogP contribution in [0.5, 0.6) is 0 Å². The highest BCUT2D eigenvalue weighted by atomic mass is 19.3. The second-order valence-corrected chi connectivity index (χ2v) is 8.89. The lowest BCUT2D eigenvalue weighted by Crippen LogP contribution is -2.53. The van der Waals surface area contributed by atoms with Crippen molar-refractivity contribution in [2.24, 2.45) is 7.05 Å². The summed E-state index contributed by atoms with van der Waals surface area (Å²) in [6, 6.07) is 4.14. The molecule has 0 bridgehead atoms. The molecule has 1 aromatic carbocycles. The number of ketones is 1. The molecular formula is C24H24F3N5O4. The minimum Gasteiger partial charge on any atom is -0.344 e. The number of nitrogens with zero attached hydrogens (tertiary/aromatic N) is 3. The smallest absolute Gasteiger partial charge is 0.315 e. The van der Waals surface area contributed by atoms with Gasteiger partial charge in [0.2, 0.25) is 0 Å². The van der Waals surface area contributed by atoms with E-state index < -0.39 is 41.3 Å². The largest absolute Gasteiger partial charge is 0.344 e. The summed E-state index contributed by atoms with van der Waals surface area (Å²) in [5, 5.41) is 8.85. The standard InChI is InChI=1S/C24H24F3N5O4/c1-11-10-14(6-7-15(11)25)28-20(34)16-12(2)17(32(4)13(16)3)18(33)21(35)30-24(8-5-9-24)23-29-22(19(26)27)36-31-23/h6-7,10,19H,5,8-9H2,1-4H3,(H,28,34)(H,30,35). The van der Waals surface area contributed by atoms with E-state index in [4.69, 9.17) is 0 Å². The number of anilines is 1. The highest BCUT2D eigenvalue weighted by Crippen LogP contribution is 2.40. The first kappa shape index (κ1) is 25.1. The lowest BCUT2D eigenvalue weighted by molar-refractivity contribution is -0.120. The topological polar surface area (TPSA) is 119 Å². The van der Waals surface area contributed by atoms with Crippen molar-refractivity contribution in [3.63, 3.8) is 0 Å². The molecule has 0 aliphatic heterocycles. The second-order valence-electron chi connectivity index (χ2n) is 8.89. The molecule has 0 saturated heterocycles. The molecule has 1 aliphatic carbocycles. The molecule has 9 nitrogen and oxygen atoms in total. The minimum atomic E-state index is -2.96. The average molecular weight is 503 g/mol. The number of alkyl halides is 2. The number of carbonyl (C=O) groups is 3. The molecule has 2 N–H and O–H groups in total. The summed E-state index contributed by atoms with van der Waals surface area (Å²) in [6.45, 7) is 4.74. The Labute approximate surface area is 204 Å². The van der Waals surface area contributed by atoms with Gasteiger partial charge < -0.3 is 19.7 Å². The zero-order valence-corrected chi connectivity index (χ0v) is 20.0. The highest BCUT2D eigenvalue weighted by Gasteiger charge is 2.46. The lowest BCUT2D eigenvalue weighted by atomic mass is 9.76. The third-order valence-corrected chi connectivity index (χ3v) is 6.61. The first-order valence-corrected chi connectivity index (χ1v) is 11.2. The van der Waals surface area contributed by atoms with Crippen LogP contribution in [0, 0.1) is 26.6 Å². The Morgan fingerprint density at radius 3 is 2.42 bits per heavy atom. The average Bonchev–Trinajstić information content (AvgIpc) is 3.37. The number of halogens is 3. The van der Waals surface area contributed by atoms with E-state index in [0.717, 1.165) is 0 Å². The van der Waals surface area contributed by atoms with Gasteiger partial charge in [-0.25, -0.2) is 4.39 Å². The number of benzene rings is 1. The van der Waals surface area contributed by atoms with Crippen LogP contribution in [0.25, 0.3) is 0 Å². The summed E-state index contributed by atoms with van der Waals surface area (Å²) < 4.78 is 45.3. The van der Waals surface area contributed by atoms with Gasteiger partial charge in [-0.3, -0.25) is 14.4 Å². The van der Waals surface area contributed by atoms with Crippen molar-refractivity contribution >= 4 is 23.3 Å². The summed E-state index contributed by atoms with van der Waals surface area (Å²) >= 11 is 0. The number of carbonyl (C=O) groups excluding carboxylic acids is 3. The molecule has 0 unspecified atom stereocenters. The molecule has 190 valence electrons. The third kappa shape index (κ3) is 4.27. The minimum absolute atomic E-state index is 0.00120. The predicted octanol–water partition coefficient (Wildman–Crippen LogP) is 4.04. The van der Waals surface area contributed by atoms with Crippen molar-refractivity contribution in [2.75, 3.05) is 5.32 Å².